The first-order valence-electron chi connectivity index (χ1n) is 15.6. The Kier molecular flexibility index (Phi) is 5.63. The third kappa shape index (κ3) is 3.50. The minimum absolute atomic E-state index is 0.185. The number of hydrogen-bond acceptors (Lipinski definition) is 7. The van der Waals surface area contributed by atoms with Gasteiger partial charge in [0.15, 0.2) is 24.0 Å². The maximum Gasteiger partial charge on any atom is 0.319 e. The van der Waals surface area contributed by atoms with Gasteiger partial charge in [-0.3, -0.25) is 14.4 Å². The van der Waals surface area contributed by atoms with Gasteiger partial charge in [-0.1, -0.05) is 41.9 Å². The average Bonchev–Trinajstić information content (AvgIpc) is 3.29. The molecule has 3 unspecified atom stereocenters. The molecule has 5 aliphatic rings. The SMILES string of the molecule is CC(C)N1CCC[C@H]1COc1nc(N2CC3[C@H](O)C4C5C[C@H](C2)[N@+]534)c2cnc(-c3cccc4cccc(Cl)c34)c(F)c2n1. The quantitative estimate of drug-likeness (QED) is 0.252. The second-order valence-corrected chi connectivity index (χ2v) is 13.8. The molecule has 0 aliphatic carbocycles. The predicted molar refractivity (Wildman–Crippen MR) is 164 cm³/mol. The van der Waals surface area contributed by atoms with Gasteiger partial charge in [0.2, 0.25) is 0 Å². The van der Waals surface area contributed by atoms with Crippen LogP contribution < -0.4 is 9.64 Å². The number of anilines is 1. The third-order valence-corrected chi connectivity index (χ3v) is 11.6. The van der Waals surface area contributed by atoms with E-state index in [2.05, 4.69) is 33.6 Å². The van der Waals surface area contributed by atoms with Gasteiger partial charge in [0.1, 0.15) is 35.7 Å². The Morgan fingerprint density at radius 3 is 2.79 bits per heavy atom. The number of ether oxygens (including phenoxy) is 1. The molecule has 7 atom stereocenters. The molecule has 5 saturated heterocycles. The van der Waals surface area contributed by atoms with Crippen molar-refractivity contribution in [3.8, 4) is 17.3 Å². The molecule has 7 heterocycles. The van der Waals surface area contributed by atoms with Crippen molar-refractivity contribution in [1.29, 1.82) is 0 Å². The van der Waals surface area contributed by atoms with Crippen molar-refractivity contribution in [3.05, 3.63) is 53.4 Å². The van der Waals surface area contributed by atoms with E-state index in [4.69, 9.17) is 21.3 Å². The summed E-state index contributed by atoms with van der Waals surface area (Å²) in [6, 6.07) is 14.0. The van der Waals surface area contributed by atoms with Crippen molar-refractivity contribution in [2.75, 3.05) is 31.1 Å². The summed E-state index contributed by atoms with van der Waals surface area (Å²) in [5.74, 6) is 0.127. The third-order valence-electron chi connectivity index (χ3n) is 11.2. The van der Waals surface area contributed by atoms with Crippen molar-refractivity contribution < 1.29 is 18.7 Å². The second kappa shape index (κ2) is 9.20. The lowest BCUT2D eigenvalue weighted by Crippen LogP contribution is -2.76. The van der Waals surface area contributed by atoms with Gasteiger partial charge in [0, 0.05) is 34.3 Å². The van der Waals surface area contributed by atoms with E-state index in [0.29, 0.717) is 59.1 Å². The van der Waals surface area contributed by atoms with Crippen LogP contribution in [0.15, 0.2) is 42.6 Å². The summed E-state index contributed by atoms with van der Waals surface area (Å²) < 4.78 is 24.1. The number of pyridine rings is 1. The number of benzene rings is 2. The molecule has 8 nitrogen and oxygen atoms in total. The van der Waals surface area contributed by atoms with Crippen LogP contribution in [0.4, 0.5) is 10.2 Å². The summed E-state index contributed by atoms with van der Waals surface area (Å²) in [7, 11) is 0. The predicted octanol–water partition coefficient (Wildman–Crippen LogP) is 4.79. The maximum atomic E-state index is 16.7. The number of aromatic nitrogens is 3. The molecule has 2 aromatic heterocycles. The summed E-state index contributed by atoms with van der Waals surface area (Å²) in [5.41, 5.74) is 1.02. The monoisotopic (exact) mass is 601 g/mol. The number of fused-ring (bicyclic) bond motifs is 3. The second-order valence-electron chi connectivity index (χ2n) is 13.4. The number of likely N-dealkylation sites (tertiary alicyclic amines) is 1. The first-order chi connectivity index (χ1) is 20.9. The van der Waals surface area contributed by atoms with Crippen LogP contribution in [0.3, 0.4) is 0 Å². The van der Waals surface area contributed by atoms with Crippen LogP contribution in [-0.4, -0.2) is 98.0 Å². The minimum atomic E-state index is -0.512. The van der Waals surface area contributed by atoms with Crippen LogP contribution in [0.5, 0.6) is 6.01 Å². The molecule has 1 spiro atoms. The fourth-order valence-electron chi connectivity index (χ4n) is 9.34. The minimum Gasteiger partial charge on any atom is -0.462 e. The Morgan fingerprint density at radius 2 is 1.98 bits per heavy atom. The van der Waals surface area contributed by atoms with Gasteiger partial charge in [-0.2, -0.15) is 9.97 Å². The van der Waals surface area contributed by atoms with Gasteiger partial charge in [-0.15, -0.1) is 0 Å². The van der Waals surface area contributed by atoms with E-state index < -0.39 is 5.82 Å². The van der Waals surface area contributed by atoms with E-state index >= 15 is 4.39 Å². The standard InChI is InChI=1S/C33H35ClFN6O2/c1-17(2)40-11-5-8-19(40)16-43-33-37-29-22(32(38-33)39-14-20-12-24-30-31(42)25(15-39)41(20,24)30)13-36-28(27(29)35)21-9-3-6-18-7-4-10-23(34)26(18)21/h3-4,6-7,9-10,13,17,19-20,24-25,30-31,42H,5,8,11-12,14-16H2,1-2H3/q+1/t19-,20+,24?,25?,30?,31-,41-/m0/s1. The molecule has 1 N–H and O–H groups in total. The maximum absolute atomic E-state index is 16.7. The molecule has 43 heavy (non-hydrogen) atoms. The molecule has 5 fully saturated rings. The van der Waals surface area contributed by atoms with Crippen molar-refractivity contribution in [2.45, 2.75) is 75.5 Å². The molecule has 9 rings (SSSR count). The summed E-state index contributed by atoms with van der Waals surface area (Å²) >= 11 is 6.62. The van der Waals surface area contributed by atoms with E-state index in [1.807, 2.05) is 36.4 Å². The van der Waals surface area contributed by atoms with Crippen molar-refractivity contribution >= 4 is 39.1 Å². The summed E-state index contributed by atoms with van der Waals surface area (Å²) in [6.07, 6.45) is 4.74. The Hall–Kier alpha value is -3.11. The van der Waals surface area contributed by atoms with Crippen LogP contribution in [0.25, 0.3) is 32.9 Å². The van der Waals surface area contributed by atoms with E-state index in [0.717, 1.165) is 47.6 Å². The van der Waals surface area contributed by atoms with Gasteiger partial charge in [0.05, 0.1) is 24.9 Å². The topological polar surface area (TPSA) is 74.6 Å². The highest BCUT2D eigenvalue weighted by Gasteiger charge is 2.93. The summed E-state index contributed by atoms with van der Waals surface area (Å²) in [4.78, 5) is 18.9. The van der Waals surface area contributed by atoms with Crippen LogP contribution in [0.1, 0.15) is 33.1 Å². The van der Waals surface area contributed by atoms with Gasteiger partial charge < -0.3 is 14.7 Å². The number of rotatable bonds is 6. The zero-order valence-corrected chi connectivity index (χ0v) is 25.1. The highest BCUT2D eigenvalue weighted by Crippen LogP contribution is 2.69. The van der Waals surface area contributed by atoms with Crippen LogP contribution >= 0.6 is 11.6 Å². The number of nitrogens with zero attached hydrogens (tertiary/aromatic N) is 6. The molecule has 5 aliphatic heterocycles. The Balaban J connectivity index is 1.15. The van der Waals surface area contributed by atoms with Gasteiger partial charge in [-0.25, -0.2) is 4.39 Å². The van der Waals surface area contributed by atoms with E-state index in [1.165, 1.54) is 0 Å². The number of halogens is 2. The highest BCUT2D eigenvalue weighted by molar-refractivity contribution is 6.36. The first-order valence-corrected chi connectivity index (χ1v) is 16.0. The zero-order valence-electron chi connectivity index (χ0n) is 24.3. The smallest absolute Gasteiger partial charge is 0.319 e. The summed E-state index contributed by atoms with van der Waals surface area (Å²) in [6.45, 7) is 7.43. The van der Waals surface area contributed by atoms with Crippen LogP contribution in [-0.2, 0) is 0 Å². The van der Waals surface area contributed by atoms with E-state index in [1.54, 1.807) is 6.20 Å². The van der Waals surface area contributed by atoms with E-state index in [-0.39, 0.29) is 35.4 Å². The fraction of sp³-hybridized carbons (Fsp3) is 0.485. The van der Waals surface area contributed by atoms with Crippen molar-refractivity contribution in [3.63, 3.8) is 0 Å². The molecule has 0 bridgehead atoms. The number of hydrogen-bond donors (Lipinski definition) is 1. The molecule has 0 saturated carbocycles. The lowest BCUT2D eigenvalue weighted by Gasteiger charge is -2.55. The first kappa shape index (κ1) is 26.3. The van der Waals surface area contributed by atoms with Gasteiger partial charge in [-0.05, 0) is 44.7 Å². The molecule has 2 aromatic carbocycles. The number of aliphatic hydroxyl groups is 1. The molecular formula is C33H35ClFN6O2+. The van der Waals surface area contributed by atoms with Gasteiger partial charge in [0.25, 0.3) is 0 Å². The van der Waals surface area contributed by atoms with E-state index in [9.17, 15) is 5.11 Å². The molecule has 10 heteroatoms. The number of piperazine rings is 1. The fourth-order valence-corrected chi connectivity index (χ4v) is 9.62. The van der Waals surface area contributed by atoms with Crippen LogP contribution in [0, 0.1) is 5.82 Å². The Labute approximate surface area is 254 Å². The number of quaternary nitrogens is 1. The highest BCUT2D eigenvalue weighted by atomic mass is 35.5. The van der Waals surface area contributed by atoms with Crippen molar-refractivity contribution in [1.82, 2.24) is 19.9 Å². The largest absolute Gasteiger partial charge is 0.462 e. The normalized spacial score (nSPS) is 32.5. The number of aliphatic hydroxyl groups excluding tert-OH is 1. The zero-order chi connectivity index (χ0) is 29.2. The molecule has 0 radical (unpaired) electrons. The summed E-state index contributed by atoms with van der Waals surface area (Å²) in [5, 5.41) is 13.7. The molecular weight excluding hydrogens is 567 g/mol. The Morgan fingerprint density at radius 1 is 1.14 bits per heavy atom. The van der Waals surface area contributed by atoms with Crippen molar-refractivity contribution in [2.24, 2.45) is 0 Å². The lowest BCUT2D eigenvalue weighted by atomic mass is 9.91. The molecule has 222 valence electrons. The average molecular weight is 602 g/mol. The lowest BCUT2D eigenvalue weighted by molar-refractivity contribution is -0.949. The molecule has 0 amide bonds. The Bertz CT molecular complexity index is 1800. The van der Waals surface area contributed by atoms with Gasteiger partial charge >= 0.3 is 6.01 Å². The molecule has 4 aromatic rings. The van der Waals surface area contributed by atoms with Crippen LogP contribution in [0.2, 0.25) is 5.02 Å².